The maximum absolute atomic E-state index is 6.82. The van der Waals surface area contributed by atoms with E-state index in [0.29, 0.717) is 0 Å². The maximum Gasteiger partial charge on any atom is 0.299 e. The number of fused-ring (bicyclic) bond motifs is 2. The van der Waals surface area contributed by atoms with E-state index in [1.54, 1.807) is 0 Å². The second-order valence-electron chi connectivity index (χ2n) is 10.1. The fourth-order valence-electron chi connectivity index (χ4n) is 5.69. The molecule has 21 heavy (non-hydrogen) atoms. The molecular weight excluding hydrogens is 261 g/mol. The lowest BCUT2D eigenvalue weighted by Gasteiger charge is -2.61. The van der Waals surface area contributed by atoms with E-state index in [4.69, 9.17) is 9.31 Å². The molecule has 122 valence electrons. The van der Waals surface area contributed by atoms with Crippen LogP contribution in [0.5, 0.6) is 0 Å². The van der Waals surface area contributed by atoms with Gasteiger partial charge >= 0.3 is 0 Å². The van der Waals surface area contributed by atoms with E-state index < -0.39 is 6.55 Å². The van der Waals surface area contributed by atoms with Gasteiger partial charge in [-0.25, -0.2) is 0 Å². The Morgan fingerprint density at radius 2 is 1.52 bits per heavy atom. The Morgan fingerprint density at radius 1 is 1.00 bits per heavy atom. The zero-order valence-corrected chi connectivity index (χ0v) is 15.3. The molecule has 0 bridgehead atoms. The molecule has 2 aliphatic heterocycles. The highest BCUT2D eigenvalue weighted by Gasteiger charge is 2.67. The number of quaternary nitrogens is 1. The molecule has 1 aliphatic carbocycles. The first-order chi connectivity index (χ1) is 9.34. The molecule has 2 saturated heterocycles. The minimum atomic E-state index is -1.25. The minimum Gasteiger partial charge on any atom is -0.558 e. The fraction of sp³-hybridized carbons (Fsp3) is 1.00. The summed E-state index contributed by atoms with van der Waals surface area (Å²) < 4.78 is 14.6. The number of rotatable bonds is 0. The summed E-state index contributed by atoms with van der Waals surface area (Å²) in [6.07, 6.45) is 3.62. The van der Waals surface area contributed by atoms with Crippen molar-refractivity contribution in [1.29, 1.82) is 0 Å². The lowest BCUT2D eigenvalue weighted by Crippen LogP contribution is -2.64. The summed E-state index contributed by atoms with van der Waals surface area (Å²) in [6, 6.07) is 0. The van der Waals surface area contributed by atoms with Crippen molar-refractivity contribution in [2.24, 2.45) is 11.8 Å². The second-order valence-corrected chi connectivity index (χ2v) is 10.1. The summed E-state index contributed by atoms with van der Waals surface area (Å²) in [5, 5.41) is 0.219. The standard InChI is InChI=1S/C17H34BNO2/c1-13-11-19(7,8)12-18(17(6)10-9-14(13)17)20-15(2,3)16(4,5)21-18/h13-14H,9-12H2,1-8H3/t13-,14-,17-/m0/s1. The molecule has 0 aromatic rings. The molecule has 4 heteroatoms. The van der Waals surface area contributed by atoms with Crippen molar-refractivity contribution in [3.63, 3.8) is 0 Å². The molecule has 3 fully saturated rings. The molecule has 3 nitrogen and oxygen atoms in total. The van der Waals surface area contributed by atoms with Crippen molar-refractivity contribution >= 4 is 6.55 Å². The van der Waals surface area contributed by atoms with Gasteiger partial charge in [-0.3, -0.25) is 0 Å². The molecule has 0 N–H and O–H groups in total. The van der Waals surface area contributed by atoms with Gasteiger partial charge in [0.25, 0.3) is 6.55 Å². The van der Waals surface area contributed by atoms with Crippen LogP contribution >= 0.6 is 0 Å². The van der Waals surface area contributed by atoms with Crippen LogP contribution in [0, 0.1) is 11.8 Å². The topological polar surface area (TPSA) is 18.5 Å². The summed E-state index contributed by atoms with van der Waals surface area (Å²) in [6.45, 7) is 13.7. The van der Waals surface area contributed by atoms with Gasteiger partial charge in [-0.15, -0.1) is 0 Å². The zero-order valence-electron chi connectivity index (χ0n) is 15.3. The van der Waals surface area contributed by atoms with Crippen molar-refractivity contribution in [3.05, 3.63) is 0 Å². The predicted octanol–water partition coefficient (Wildman–Crippen LogP) is 3.47. The third kappa shape index (κ3) is 1.98. The highest BCUT2D eigenvalue weighted by Crippen LogP contribution is 2.67. The van der Waals surface area contributed by atoms with Crippen LogP contribution in [-0.4, -0.2) is 49.3 Å². The average molecular weight is 295 g/mol. The normalized spacial score (nSPS) is 45.7. The molecule has 1 spiro atoms. The van der Waals surface area contributed by atoms with Gasteiger partial charge < -0.3 is 13.8 Å². The third-order valence-electron chi connectivity index (χ3n) is 7.47. The van der Waals surface area contributed by atoms with Crippen molar-refractivity contribution < 1.29 is 13.8 Å². The summed E-state index contributed by atoms with van der Waals surface area (Å²) in [4.78, 5) is 0. The Morgan fingerprint density at radius 3 is 1.95 bits per heavy atom. The first kappa shape index (κ1) is 15.8. The summed E-state index contributed by atoms with van der Waals surface area (Å²) in [5.74, 6) is 1.50. The molecule has 1 saturated carbocycles. The predicted molar refractivity (Wildman–Crippen MR) is 88.2 cm³/mol. The van der Waals surface area contributed by atoms with Gasteiger partial charge in [0, 0.05) is 23.6 Å². The molecule has 0 aromatic carbocycles. The largest absolute Gasteiger partial charge is 0.558 e. The Balaban J connectivity index is 2.08. The number of nitrogens with zero attached hydrogens (tertiary/aromatic N) is 1. The van der Waals surface area contributed by atoms with Crippen LogP contribution in [-0.2, 0) is 9.31 Å². The van der Waals surface area contributed by atoms with Crippen LogP contribution in [0.4, 0.5) is 0 Å². The van der Waals surface area contributed by atoms with Crippen molar-refractivity contribution in [1.82, 2.24) is 0 Å². The Kier molecular flexibility index (Phi) is 3.07. The van der Waals surface area contributed by atoms with E-state index in [1.807, 2.05) is 0 Å². The van der Waals surface area contributed by atoms with Gasteiger partial charge in [0.05, 0.1) is 20.6 Å². The van der Waals surface area contributed by atoms with E-state index in [0.717, 1.165) is 22.8 Å². The number of hydrogen-bond acceptors (Lipinski definition) is 2. The summed E-state index contributed by atoms with van der Waals surface area (Å²) in [5.41, 5.74) is -0.437. The van der Waals surface area contributed by atoms with Gasteiger partial charge in [0.2, 0.25) is 0 Å². The molecule has 3 atom stereocenters. The van der Waals surface area contributed by atoms with Gasteiger partial charge in [-0.1, -0.05) is 37.9 Å². The lowest BCUT2D eigenvalue weighted by molar-refractivity contribution is -0.884. The van der Waals surface area contributed by atoms with Crippen molar-refractivity contribution in [2.45, 2.75) is 70.9 Å². The fourth-order valence-corrected chi connectivity index (χ4v) is 5.69. The van der Waals surface area contributed by atoms with Gasteiger partial charge in [-0.2, -0.15) is 0 Å². The van der Waals surface area contributed by atoms with Gasteiger partial charge in [-0.05, 0) is 27.7 Å². The zero-order chi connectivity index (χ0) is 15.9. The second kappa shape index (κ2) is 4.07. The minimum absolute atomic E-state index is 0.219. The third-order valence-corrected chi connectivity index (χ3v) is 7.47. The Hall–Kier alpha value is -0.0551. The molecular formula is C17H34BNO2. The maximum atomic E-state index is 6.82. The Bertz CT molecular complexity index is 444. The Labute approximate surface area is 130 Å². The first-order valence-corrected chi connectivity index (χ1v) is 8.72. The van der Waals surface area contributed by atoms with Crippen LogP contribution in [0.3, 0.4) is 0 Å². The molecule has 2 heterocycles. The van der Waals surface area contributed by atoms with E-state index in [2.05, 4.69) is 55.6 Å². The van der Waals surface area contributed by atoms with Gasteiger partial charge in [0.15, 0.2) is 0 Å². The molecule has 3 aliphatic rings. The van der Waals surface area contributed by atoms with E-state index >= 15 is 0 Å². The van der Waals surface area contributed by atoms with E-state index in [1.165, 1.54) is 19.4 Å². The van der Waals surface area contributed by atoms with Crippen molar-refractivity contribution in [2.75, 3.05) is 27.1 Å². The van der Waals surface area contributed by atoms with Crippen LogP contribution in [0.25, 0.3) is 0 Å². The van der Waals surface area contributed by atoms with Crippen LogP contribution < -0.4 is 0 Å². The SMILES string of the molecule is C[C@H]1C[N+](C)(C)C[B-]2(OC(C)(C)C(C)(C)O2)[C@@]2(C)CC[C@@H]12. The molecule has 0 aromatic heterocycles. The van der Waals surface area contributed by atoms with Crippen LogP contribution in [0.2, 0.25) is 5.31 Å². The average Bonchev–Trinajstić information content (AvgIpc) is 2.37. The van der Waals surface area contributed by atoms with E-state index in [-0.39, 0.29) is 16.5 Å². The summed E-state index contributed by atoms with van der Waals surface area (Å²) >= 11 is 0. The van der Waals surface area contributed by atoms with E-state index in [9.17, 15) is 0 Å². The van der Waals surface area contributed by atoms with Gasteiger partial charge in [0.1, 0.15) is 0 Å². The van der Waals surface area contributed by atoms with Crippen LogP contribution in [0.1, 0.15) is 54.4 Å². The molecule has 3 rings (SSSR count). The molecule has 0 radical (unpaired) electrons. The van der Waals surface area contributed by atoms with Crippen LogP contribution in [0.15, 0.2) is 0 Å². The van der Waals surface area contributed by atoms with Crippen molar-refractivity contribution in [3.8, 4) is 0 Å². The smallest absolute Gasteiger partial charge is 0.299 e. The molecule has 0 unspecified atom stereocenters. The monoisotopic (exact) mass is 295 g/mol. The molecule has 0 amide bonds. The number of hydrogen-bond donors (Lipinski definition) is 0. The first-order valence-electron chi connectivity index (χ1n) is 8.72. The summed E-state index contributed by atoms with van der Waals surface area (Å²) in [7, 11) is 4.69. The quantitative estimate of drug-likeness (QED) is 0.503. The lowest BCUT2D eigenvalue weighted by atomic mass is 9.28. The highest BCUT2D eigenvalue weighted by atomic mass is 16.7. The highest BCUT2D eigenvalue weighted by molar-refractivity contribution is 6.71.